The monoisotopic (exact) mass is 304 g/mol. The summed E-state index contributed by atoms with van der Waals surface area (Å²) in [4.78, 5) is 28.3. The number of furan rings is 1. The molecule has 3 rings (SSSR count). The lowest BCUT2D eigenvalue weighted by Gasteiger charge is -2.25. The topological polar surface area (TPSA) is 53.8 Å². The Hall–Kier alpha value is -1.78. The first-order valence-electron chi connectivity index (χ1n) is 8.15. The summed E-state index contributed by atoms with van der Waals surface area (Å²) in [5.41, 5.74) is 0.854. The van der Waals surface area contributed by atoms with Gasteiger partial charge in [-0.15, -0.1) is 0 Å². The molecular weight excluding hydrogens is 280 g/mol. The third-order valence-corrected chi connectivity index (χ3v) is 4.94. The van der Waals surface area contributed by atoms with E-state index in [9.17, 15) is 9.59 Å². The standard InChI is InChI=1S/C17H24N2O3/c1-12-7-8-22-16(12)17(21)18(2)10-13-9-15(20)19(11-13)14-5-3-4-6-14/h7-8,13-14H,3-6,9-11H2,1-2H3. The fourth-order valence-electron chi connectivity index (χ4n) is 3.74. The molecule has 5 nitrogen and oxygen atoms in total. The second-order valence-electron chi connectivity index (χ2n) is 6.67. The van der Waals surface area contributed by atoms with E-state index in [0.717, 1.165) is 24.9 Å². The van der Waals surface area contributed by atoms with E-state index >= 15 is 0 Å². The van der Waals surface area contributed by atoms with Crippen molar-refractivity contribution in [2.24, 2.45) is 5.92 Å². The van der Waals surface area contributed by atoms with Crippen LogP contribution in [0, 0.1) is 12.8 Å². The molecule has 2 fully saturated rings. The maximum Gasteiger partial charge on any atom is 0.289 e. The number of rotatable bonds is 4. The zero-order chi connectivity index (χ0) is 15.7. The fourth-order valence-corrected chi connectivity index (χ4v) is 3.74. The Bertz CT molecular complexity index is 560. The van der Waals surface area contributed by atoms with Gasteiger partial charge in [0.2, 0.25) is 5.91 Å². The molecule has 1 atom stereocenters. The lowest BCUT2D eigenvalue weighted by molar-refractivity contribution is -0.129. The minimum Gasteiger partial charge on any atom is -0.459 e. The van der Waals surface area contributed by atoms with Crippen molar-refractivity contribution in [3.63, 3.8) is 0 Å². The van der Waals surface area contributed by atoms with Gasteiger partial charge in [0.15, 0.2) is 5.76 Å². The molecule has 1 aromatic heterocycles. The molecule has 0 spiro atoms. The van der Waals surface area contributed by atoms with Crippen LogP contribution in [0.15, 0.2) is 16.7 Å². The van der Waals surface area contributed by atoms with E-state index in [0.29, 0.717) is 24.8 Å². The van der Waals surface area contributed by atoms with Gasteiger partial charge in [0, 0.05) is 44.1 Å². The Morgan fingerprint density at radius 1 is 1.41 bits per heavy atom. The van der Waals surface area contributed by atoms with Gasteiger partial charge in [-0.25, -0.2) is 0 Å². The average molecular weight is 304 g/mol. The maximum absolute atomic E-state index is 12.4. The van der Waals surface area contributed by atoms with Gasteiger partial charge in [0.1, 0.15) is 0 Å². The average Bonchev–Trinajstić information content (AvgIpc) is 3.19. The second kappa shape index (κ2) is 6.15. The van der Waals surface area contributed by atoms with Crippen molar-refractivity contribution in [3.8, 4) is 0 Å². The van der Waals surface area contributed by atoms with Crippen LogP contribution >= 0.6 is 0 Å². The molecule has 0 bridgehead atoms. The Labute approximate surface area is 131 Å². The van der Waals surface area contributed by atoms with Crippen LogP contribution in [0.4, 0.5) is 0 Å². The Morgan fingerprint density at radius 3 is 2.77 bits per heavy atom. The zero-order valence-electron chi connectivity index (χ0n) is 13.4. The van der Waals surface area contributed by atoms with Crippen molar-refractivity contribution in [2.45, 2.75) is 45.1 Å². The number of carbonyl (C=O) groups excluding carboxylic acids is 2. The molecule has 1 saturated carbocycles. The van der Waals surface area contributed by atoms with Crippen molar-refractivity contribution >= 4 is 11.8 Å². The summed E-state index contributed by atoms with van der Waals surface area (Å²) < 4.78 is 5.27. The van der Waals surface area contributed by atoms with Crippen molar-refractivity contribution in [1.29, 1.82) is 0 Å². The summed E-state index contributed by atoms with van der Waals surface area (Å²) in [5.74, 6) is 0.790. The van der Waals surface area contributed by atoms with E-state index in [-0.39, 0.29) is 17.7 Å². The highest BCUT2D eigenvalue weighted by Gasteiger charge is 2.36. The first kappa shape index (κ1) is 15.1. The van der Waals surface area contributed by atoms with Gasteiger partial charge in [0.25, 0.3) is 5.91 Å². The van der Waals surface area contributed by atoms with Crippen LogP contribution < -0.4 is 0 Å². The van der Waals surface area contributed by atoms with E-state index < -0.39 is 0 Å². The normalized spacial score (nSPS) is 22.5. The zero-order valence-corrected chi connectivity index (χ0v) is 13.4. The van der Waals surface area contributed by atoms with Gasteiger partial charge < -0.3 is 14.2 Å². The minimum absolute atomic E-state index is 0.103. The number of hydrogen-bond donors (Lipinski definition) is 0. The van der Waals surface area contributed by atoms with Crippen LogP contribution in [0.3, 0.4) is 0 Å². The molecule has 22 heavy (non-hydrogen) atoms. The minimum atomic E-state index is -0.103. The van der Waals surface area contributed by atoms with Crippen LogP contribution in [0.5, 0.6) is 0 Å². The van der Waals surface area contributed by atoms with E-state index in [1.54, 1.807) is 18.0 Å². The number of aryl methyl sites for hydroxylation is 1. The number of nitrogens with zero attached hydrogens (tertiary/aromatic N) is 2. The smallest absolute Gasteiger partial charge is 0.289 e. The van der Waals surface area contributed by atoms with Gasteiger partial charge in [-0.3, -0.25) is 9.59 Å². The van der Waals surface area contributed by atoms with Crippen LogP contribution in [0.2, 0.25) is 0 Å². The van der Waals surface area contributed by atoms with Crippen LogP contribution in [0.25, 0.3) is 0 Å². The molecule has 2 amide bonds. The third-order valence-electron chi connectivity index (χ3n) is 4.94. The van der Waals surface area contributed by atoms with E-state index in [2.05, 4.69) is 0 Å². The molecule has 120 valence electrons. The van der Waals surface area contributed by atoms with E-state index in [1.807, 2.05) is 11.8 Å². The molecule has 1 aromatic rings. The Morgan fingerprint density at radius 2 is 2.14 bits per heavy atom. The van der Waals surface area contributed by atoms with Gasteiger partial charge in [-0.1, -0.05) is 12.8 Å². The molecular formula is C17H24N2O3. The molecule has 0 N–H and O–H groups in total. The van der Waals surface area contributed by atoms with Crippen molar-refractivity contribution in [1.82, 2.24) is 9.80 Å². The first-order valence-corrected chi connectivity index (χ1v) is 8.15. The SMILES string of the molecule is Cc1ccoc1C(=O)N(C)CC1CC(=O)N(C2CCCC2)C1. The number of hydrogen-bond acceptors (Lipinski definition) is 3. The molecule has 0 aromatic carbocycles. The van der Waals surface area contributed by atoms with Crippen molar-refractivity contribution < 1.29 is 14.0 Å². The predicted octanol–water partition coefficient (Wildman–Crippen LogP) is 2.45. The molecule has 5 heteroatoms. The third kappa shape index (κ3) is 2.89. The summed E-state index contributed by atoms with van der Waals surface area (Å²) in [5, 5.41) is 0. The summed E-state index contributed by atoms with van der Waals surface area (Å²) in [6.07, 6.45) is 6.84. The maximum atomic E-state index is 12.4. The van der Waals surface area contributed by atoms with Crippen LogP contribution in [-0.4, -0.2) is 47.8 Å². The first-order chi connectivity index (χ1) is 10.6. The lowest BCUT2D eigenvalue weighted by Crippen LogP contribution is -2.36. The van der Waals surface area contributed by atoms with E-state index in [4.69, 9.17) is 4.42 Å². The van der Waals surface area contributed by atoms with Gasteiger partial charge in [0.05, 0.1) is 6.26 Å². The second-order valence-corrected chi connectivity index (χ2v) is 6.67. The molecule has 2 heterocycles. The summed E-state index contributed by atoms with van der Waals surface area (Å²) in [6.45, 7) is 3.26. The van der Waals surface area contributed by atoms with E-state index in [1.165, 1.54) is 19.1 Å². The van der Waals surface area contributed by atoms with Gasteiger partial charge >= 0.3 is 0 Å². The van der Waals surface area contributed by atoms with Crippen LogP contribution in [0.1, 0.15) is 48.2 Å². The fraction of sp³-hybridized carbons (Fsp3) is 0.647. The molecule has 1 aliphatic heterocycles. The van der Waals surface area contributed by atoms with Crippen LogP contribution in [-0.2, 0) is 4.79 Å². The van der Waals surface area contributed by atoms with Crippen molar-refractivity contribution in [3.05, 3.63) is 23.7 Å². The highest BCUT2D eigenvalue weighted by atomic mass is 16.3. The van der Waals surface area contributed by atoms with Crippen molar-refractivity contribution in [2.75, 3.05) is 20.1 Å². The number of amides is 2. The predicted molar refractivity (Wildman–Crippen MR) is 82.5 cm³/mol. The van der Waals surface area contributed by atoms with Gasteiger partial charge in [-0.05, 0) is 25.8 Å². The molecule has 0 radical (unpaired) electrons. The summed E-state index contributed by atoms with van der Waals surface area (Å²) >= 11 is 0. The highest BCUT2D eigenvalue weighted by Crippen LogP contribution is 2.29. The molecule has 1 aliphatic carbocycles. The Balaban J connectivity index is 1.58. The quantitative estimate of drug-likeness (QED) is 0.858. The Kier molecular flexibility index (Phi) is 4.23. The largest absolute Gasteiger partial charge is 0.459 e. The summed E-state index contributed by atoms with van der Waals surface area (Å²) in [6, 6.07) is 2.23. The molecule has 2 aliphatic rings. The van der Waals surface area contributed by atoms with Gasteiger partial charge in [-0.2, -0.15) is 0 Å². The molecule has 1 unspecified atom stereocenters. The molecule has 1 saturated heterocycles. The number of carbonyl (C=O) groups is 2. The number of likely N-dealkylation sites (tertiary alicyclic amines) is 1. The lowest BCUT2D eigenvalue weighted by atomic mass is 10.1. The highest BCUT2D eigenvalue weighted by molar-refractivity contribution is 5.92. The summed E-state index contributed by atoms with van der Waals surface area (Å²) in [7, 11) is 1.78.